The third kappa shape index (κ3) is 2.44. The molecule has 1 saturated heterocycles. The van der Waals surface area contributed by atoms with Crippen molar-refractivity contribution in [3.63, 3.8) is 0 Å². The van der Waals surface area contributed by atoms with Crippen molar-refractivity contribution >= 4 is 23.3 Å². The summed E-state index contributed by atoms with van der Waals surface area (Å²) in [5.74, 6) is -0.242. The van der Waals surface area contributed by atoms with Gasteiger partial charge in [-0.25, -0.2) is 4.39 Å². The lowest BCUT2D eigenvalue weighted by Crippen LogP contribution is -2.31. The second-order valence-electron chi connectivity index (χ2n) is 5.60. The SMILES string of the molecule is CC1(Cn2c(=S)[nH]c3cc(F)ccc32)CCOCC1. The molecule has 1 aliphatic heterocycles. The minimum absolute atomic E-state index is 0.194. The summed E-state index contributed by atoms with van der Waals surface area (Å²) in [7, 11) is 0. The molecule has 5 heteroatoms. The van der Waals surface area contributed by atoms with Crippen LogP contribution in [-0.2, 0) is 11.3 Å². The van der Waals surface area contributed by atoms with Crippen LogP contribution in [0.25, 0.3) is 11.0 Å². The zero-order valence-corrected chi connectivity index (χ0v) is 11.7. The van der Waals surface area contributed by atoms with Gasteiger partial charge in [-0.2, -0.15) is 0 Å². The third-order valence-corrected chi connectivity index (χ3v) is 4.30. The van der Waals surface area contributed by atoms with E-state index in [9.17, 15) is 4.39 Å². The maximum Gasteiger partial charge on any atom is 0.178 e. The van der Waals surface area contributed by atoms with Crippen molar-refractivity contribution in [2.24, 2.45) is 5.41 Å². The minimum atomic E-state index is -0.242. The highest BCUT2D eigenvalue weighted by atomic mass is 32.1. The number of nitrogens with zero attached hydrogens (tertiary/aromatic N) is 1. The molecular weight excluding hydrogens is 263 g/mol. The standard InChI is InChI=1S/C14H17FN2OS/c1-14(4-6-18-7-5-14)9-17-12-3-2-10(15)8-11(12)16-13(17)19/h2-3,8H,4-7,9H2,1H3,(H,16,19). The van der Waals surface area contributed by atoms with E-state index in [-0.39, 0.29) is 11.2 Å². The molecule has 3 rings (SSSR count). The van der Waals surface area contributed by atoms with Crippen LogP contribution in [0.1, 0.15) is 19.8 Å². The number of aromatic nitrogens is 2. The summed E-state index contributed by atoms with van der Waals surface area (Å²) in [5.41, 5.74) is 1.93. The largest absolute Gasteiger partial charge is 0.381 e. The van der Waals surface area contributed by atoms with Crippen LogP contribution in [0.4, 0.5) is 4.39 Å². The molecule has 0 spiro atoms. The molecule has 0 saturated carbocycles. The van der Waals surface area contributed by atoms with Crippen LogP contribution >= 0.6 is 12.2 Å². The monoisotopic (exact) mass is 280 g/mol. The molecule has 0 aliphatic carbocycles. The van der Waals surface area contributed by atoms with Crippen molar-refractivity contribution in [1.29, 1.82) is 0 Å². The molecule has 1 N–H and O–H groups in total. The molecule has 19 heavy (non-hydrogen) atoms. The number of rotatable bonds is 2. The normalized spacial score (nSPS) is 18.8. The summed E-state index contributed by atoms with van der Waals surface area (Å²) in [6.07, 6.45) is 2.06. The highest BCUT2D eigenvalue weighted by molar-refractivity contribution is 7.71. The lowest BCUT2D eigenvalue weighted by atomic mass is 9.82. The van der Waals surface area contributed by atoms with E-state index >= 15 is 0 Å². The van der Waals surface area contributed by atoms with Gasteiger partial charge >= 0.3 is 0 Å². The Morgan fingerprint density at radius 2 is 2.16 bits per heavy atom. The Balaban J connectivity index is 2.00. The van der Waals surface area contributed by atoms with Crippen molar-refractivity contribution in [2.45, 2.75) is 26.3 Å². The van der Waals surface area contributed by atoms with Crippen molar-refractivity contribution < 1.29 is 9.13 Å². The number of H-pyrrole nitrogens is 1. The number of imidazole rings is 1. The number of nitrogens with one attached hydrogen (secondary N) is 1. The second kappa shape index (κ2) is 4.72. The maximum absolute atomic E-state index is 13.2. The van der Waals surface area contributed by atoms with Crippen LogP contribution in [0, 0.1) is 16.0 Å². The van der Waals surface area contributed by atoms with E-state index in [0.717, 1.165) is 43.6 Å². The number of halogens is 1. The van der Waals surface area contributed by atoms with Gasteiger partial charge in [-0.3, -0.25) is 0 Å². The van der Waals surface area contributed by atoms with Gasteiger partial charge in [0.15, 0.2) is 4.77 Å². The van der Waals surface area contributed by atoms with E-state index in [2.05, 4.69) is 16.5 Å². The predicted molar refractivity (Wildman–Crippen MR) is 75.2 cm³/mol. The van der Waals surface area contributed by atoms with Crippen LogP contribution in [0.15, 0.2) is 18.2 Å². The van der Waals surface area contributed by atoms with Gasteiger partial charge < -0.3 is 14.3 Å². The van der Waals surface area contributed by atoms with Crippen LogP contribution < -0.4 is 0 Å². The van der Waals surface area contributed by atoms with Crippen LogP contribution in [0.5, 0.6) is 0 Å². The number of benzene rings is 1. The Labute approximate surface area is 116 Å². The zero-order chi connectivity index (χ0) is 13.5. The molecule has 0 atom stereocenters. The zero-order valence-electron chi connectivity index (χ0n) is 10.9. The van der Waals surface area contributed by atoms with E-state index in [1.165, 1.54) is 12.1 Å². The summed E-state index contributed by atoms with van der Waals surface area (Å²) in [6.45, 7) is 4.72. The summed E-state index contributed by atoms with van der Waals surface area (Å²) in [4.78, 5) is 3.08. The van der Waals surface area contributed by atoms with Gasteiger partial charge in [-0.05, 0) is 48.7 Å². The van der Waals surface area contributed by atoms with Gasteiger partial charge in [0.25, 0.3) is 0 Å². The van der Waals surface area contributed by atoms with E-state index in [0.29, 0.717) is 4.77 Å². The molecule has 1 fully saturated rings. The first-order valence-electron chi connectivity index (χ1n) is 6.53. The van der Waals surface area contributed by atoms with Gasteiger partial charge in [0, 0.05) is 19.8 Å². The Morgan fingerprint density at radius 3 is 2.89 bits per heavy atom. The molecule has 3 nitrogen and oxygen atoms in total. The van der Waals surface area contributed by atoms with Gasteiger partial charge in [-0.1, -0.05) is 6.92 Å². The number of hydrogen-bond donors (Lipinski definition) is 1. The number of aromatic amines is 1. The van der Waals surface area contributed by atoms with Crippen molar-refractivity contribution in [2.75, 3.05) is 13.2 Å². The molecule has 0 amide bonds. The van der Waals surface area contributed by atoms with Gasteiger partial charge in [-0.15, -0.1) is 0 Å². The lowest BCUT2D eigenvalue weighted by Gasteiger charge is -2.33. The summed E-state index contributed by atoms with van der Waals surface area (Å²) >= 11 is 5.37. The van der Waals surface area contributed by atoms with Crippen LogP contribution in [0.2, 0.25) is 0 Å². The molecule has 0 bridgehead atoms. The third-order valence-electron chi connectivity index (χ3n) is 3.98. The molecular formula is C14H17FN2OS. The molecule has 2 aromatic rings. The molecule has 102 valence electrons. The molecule has 1 aliphatic rings. The Bertz CT molecular complexity index is 655. The number of ether oxygens (including phenoxy) is 1. The average Bonchev–Trinajstić information content (AvgIpc) is 2.65. The first-order chi connectivity index (χ1) is 9.07. The second-order valence-corrected chi connectivity index (χ2v) is 5.99. The van der Waals surface area contributed by atoms with Crippen molar-refractivity contribution in [1.82, 2.24) is 9.55 Å². The summed E-state index contributed by atoms with van der Waals surface area (Å²) in [6, 6.07) is 4.77. The van der Waals surface area contributed by atoms with Gasteiger partial charge in [0.05, 0.1) is 11.0 Å². The van der Waals surface area contributed by atoms with E-state index in [1.54, 1.807) is 6.07 Å². The Morgan fingerprint density at radius 1 is 1.42 bits per heavy atom. The smallest absolute Gasteiger partial charge is 0.178 e. The van der Waals surface area contributed by atoms with E-state index in [1.807, 2.05) is 0 Å². The topological polar surface area (TPSA) is 29.9 Å². The minimum Gasteiger partial charge on any atom is -0.381 e. The number of hydrogen-bond acceptors (Lipinski definition) is 2. The van der Waals surface area contributed by atoms with Gasteiger partial charge in [0.1, 0.15) is 5.82 Å². The molecule has 0 radical (unpaired) electrons. The summed E-state index contributed by atoms with van der Waals surface area (Å²) in [5, 5.41) is 0. The fraction of sp³-hybridized carbons (Fsp3) is 0.500. The predicted octanol–water partition coefficient (Wildman–Crippen LogP) is 3.65. The van der Waals surface area contributed by atoms with E-state index < -0.39 is 0 Å². The van der Waals surface area contributed by atoms with Crippen molar-refractivity contribution in [3.05, 3.63) is 28.8 Å². The van der Waals surface area contributed by atoms with Gasteiger partial charge in [0.2, 0.25) is 0 Å². The quantitative estimate of drug-likeness (QED) is 0.851. The van der Waals surface area contributed by atoms with E-state index in [4.69, 9.17) is 17.0 Å². The molecule has 0 unspecified atom stereocenters. The van der Waals surface area contributed by atoms with Crippen LogP contribution in [0.3, 0.4) is 0 Å². The van der Waals surface area contributed by atoms with Crippen molar-refractivity contribution in [3.8, 4) is 0 Å². The average molecular weight is 280 g/mol. The first-order valence-corrected chi connectivity index (χ1v) is 6.94. The molecule has 1 aromatic carbocycles. The fourth-order valence-corrected chi connectivity index (χ4v) is 2.97. The first kappa shape index (κ1) is 12.8. The highest BCUT2D eigenvalue weighted by Gasteiger charge is 2.28. The fourth-order valence-electron chi connectivity index (χ4n) is 2.70. The Hall–Kier alpha value is -1.20. The molecule has 2 heterocycles. The van der Waals surface area contributed by atoms with Crippen LogP contribution in [-0.4, -0.2) is 22.8 Å². The number of fused-ring (bicyclic) bond motifs is 1. The summed E-state index contributed by atoms with van der Waals surface area (Å²) < 4.78 is 21.4. The molecule has 1 aromatic heterocycles. The Kier molecular flexibility index (Phi) is 3.19. The highest BCUT2D eigenvalue weighted by Crippen LogP contribution is 2.33. The maximum atomic E-state index is 13.2. The lowest BCUT2D eigenvalue weighted by molar-refractivity contribution is 0.0159.